The Morgan fingerprint density at radius 3 is 2.84 bits per heavy atom. The number of pyridine rings is 1. The normalized spacial score (nSPS) is 11.3. The summed E-state index contributed by atoms with van der Waals surface area (Å²) in [5.41, 5.74) is 8.57. The number of aromatic nitrogens is 3. The fraction of sp³-hybridized carbons (Fsp3) is 0.389. The van der Waals surface area contributed by atoms with Crippen molar-refractivity contribution in [1.82, 2.24) is 19.9 Å². The van der Waals surface area contributed by atoms with Crippen LogP contribution in [0.5, 0.6) is 0 Å². The first-order valence-electron chi connectivity index (χ1n) is 8.53. The summed E-state index contributed by atoms with van der Waals surface area (Å²) in [6.07, 6.45) is 0.469. The Bertz CT molecular complexity index is 903. The van der Waals surface area contributed by atoms with E-state index in [4.69, 9.17) is 10.5 Å². The first-order chi connectivity index (χ1) is 12.2. The molecule has 0 radical (unpaired) electrons. The Morgan fingerprint density at radius 1 is 1.28 bits per heavy atom. The number of para-hydroxylation sites is 1. The minimum absolute atomic E-state index is 0.0295. The maximum absolute atomic E-state index is 11.5. The van der Waals surface area contributed by atoms with Crippen LogP contribution in [0.1, 0.15) is 26.1 Å². The molecule has 0 saturated carbocycles. The molecule has 0 unspecified atom stereocenters. The molecular weight excluding hydrogens is 318 g/mol. The number of nitrogens with two attached hydrogens (primary N) is 1. The van der Waals surface area contributed by atoms with Crippen LogP contribution < -0.4 is 11.1 Å². The van der Waals surface area contributed by atoms with E-state index in [1.165, 1.54) is 0 Å². The van der Waals surface area contributed by atoms with Gasteiger partial charge >= 0.3 is 0 Å². The van der Waals surface area contributed by atoms with Crippen molar-refractivity contribution < 1.29 is 9.53 Å². The zero-order valence-corrected chi connectivity index (χ0v) is 14.6. The van der Waals surface area contributed by atoms with Crippen LogP contribution in [0.4, 0.5) is 5.82 Å². The summed E-state index contributed by atoms with van der Waals surface area (Å²) in [6, 6.07) is 7.85. The maximum Gasteiger partial charge on any atom is 0.219 e. The smallest absolute Gasteiger partial charge is 0.219 e. The molecule has 0 saturated heterocycles. The van der Waals surface area contributed by atoms with Crippen molar-refractivity contribution in [3.8, 4) is 0 Å². The minimum atomic E-state index is 0.0295. The lowest BCUT2D eigenvalue weighted by molar-refractivity contribution is -0.120. The Balaban J connectivity index is 2.10. The number of nitrogens with zero attached hydrogens (tertiary/aromatic N) is 3. The molecule has 1 aromatic carbocycles. The monoisotopic (exact) mass is 341 g/mol. The van der Waals surface area contributed by atoms with E-state index in [2.05, 4.69) is 19.9 Å². The highest BCUT2D eigenvalue weighted by Crippen LogP contribution is 2.28. The number of benzene rings is 1. The van der Waals surface area contributed by atoms with Gasteiger partial charge in [-0.05, 0) is 13.0 Å². The SMILES string of the molecule is CCOCc1nc2c(N)nc3ccccc3c2n1CCNC(=O)CC. The summed E-state index contributed by atoms with van der Waals surface area (Å²) < 4.78 is 7.63. The first-order valence-corrected chi connectivity index (χ1v) is 8.53. The lowest BCUT2D eigenvalue weighted by Crippen LogP contribution is -2.26. The van der Waals surface area contributed by atoms with Crippen molar-refractivity contribution in [3.05, 3.63) is 30.1 Å². The molecule has 7 heteroatoms. The zero-order valence-electron chi connectivity index (χ0n) is 14.6. The molecule has 2 heterocycles. The number of carbonyl (C=O) groups excluding carboxylic acids is 1. The molecule has 0 aliphatic heterocycles. The molecule has 0 fully saturated rings. The molecule has 3 N–H and O–H groups in total. The van der Waals surface area contributed by atoms with Gasteiger partial charge in [-0.3, -0.25) is 4.79 Å². The minimum Gasteiger partial charge on any atom is -0.382 e. The number of imidazole rings is 1. The van der Waals surface area contributed by atoms with Crippen molar-refractivity contribution in [2.45, 2.75) is 33.4 Å². The molecule has 0 spiro atoms. The van der Waals surface area contributed by atoms with Crippen LogP contribution in [0.15, 0.2) is 24.3 Å². The molecule has 3 aromatic rings. The molecule has 0 atom stereocenters. The summed E-state index contributed by atoms with van der Waals surface area (Å²) in [5, 5.41) is 3.90. The van der Waals surface area contributed by atoms with Gasteiger partial charge in [0.25, 0.3) is 0 Å². The number of amides is 1. The second-order valence-corrected chi connectivity index (χ2v) is 5.73. The molecule has 3 rings (SSSR count). The Labute approximate surface area is 146 Å². The van der Waals surface area contributed by atoms with Crippen molar-refractivity contribution in [3.63, 3.8) is 0 Å². The molecule has 0 aliphatic carbocycles. The molecule has 7 nitrogen and oxygen atoms in total. The Hall–Kier alpha value is -2.67. The van der Waals surface area contributed by atoms with Crippen molar-refractivity contribution >= 4 is 33.7 Å². The van der Waals surface area contributed by atoms with Gasteiger partial charge in [-0.25, -0.2) is 9.97 Å². The molecular formula is C18H23N5O2. The number of nitrogen functional groups attached to an aromatic ring is 1. The lowest BCUT2D eigenvalue weighted by Gasteiger charge is -2.11. The van der Waals surface area contributed by atoms with Gasteiger partial charge in [0.2, 0.25) is 5.91 Å². The van der Waals surface area contributed by atoms with Crippen LogP contribution >= 0.6 is 0 Å². The first kappa shape index (κ1) is 17.2. The van der Waals surface area contributed by atoms with Gasteiger partial charge < -0.3 is 20.4 Å². The van der Waals surface area contributed by atoms with E-state index in [-0.39, 0.29) is 5.91 Å². The number of ether oxygens (including phenoxy) is 1. The second kappa shape index (κ2) is 7.48. The zero-order chi connectivity index (χ0) is 17.8. The van der Waals surface area contributed by atoms with Gasteiger partial charge in [-0.15, -0.1) is 0 Å². The largest absolute Gasteiger partial charge is 0.382 e. The highest BCUT2D eigenvalue weighted by atomic mass is 16.5. The van der Waals surface area contributed by atoms with Crippen molar-refractivity contribution in [1.29, 1.82) is 0 Å². The standard InChI is InChI=1S/C18H23N5O2/c1-3-15(24)20-9-10-23-14(11-25-4-2)22-16-17(23)12-7-5-6-8-13(12)21-18(16)19/h5-8H,3-4,9-11H2,1-2H3,(H2,19,21)(H,20,24). The number of anilines is 1. The van der Waals surface area contributed by atoms with E-state index in [1.807, 2.05) is 38.1 Å². The van der Waals surface area contributed by atoms with Gasteiger partial charge in [-0.1, -0.05) is 25.1 Å². The molecule has 0 aliphatic rings. The van der Waals surface area contributed by atoms with Gasteiger partial charge in [0.15, 0.2) is 5.82 Å². The highest BCUT2D eigenvalue weighted by Gasteiger charge is 2.17. The van der Waals surface area contributed by atoms with E-state index in [9.17, 15) is 4.79 Å². The molecule has 25 heavy (non-hydrogen) atoms. The van der Waals surface area contributed by atoms with Gasteiger partial charge in [-0.2, -0.15) is 0 Å². The van der Waals surface area contributed by atoms with Crippen LogP contribution in [-0.2, 0) is 22.7 Å². The predicted molar refractivity (Wildman–Crippen MR) is 98.1 cm³/mol. The number of hydrogen-bond donors (Lipinski definition) is 2. The molecule has 132 valence electrons. The van der Waals surface area contributed by atoms with E-state index in [0.717, 1.165) is 22.2 Å². The number of nitrogens with one attached hydrogen (secondary N) is 1. The Morgan fingerprint density at radius 2 is 2.08 bits per heavy atom. The summed E-state index contributed by atoms with van der Waals surface area (Å²) in [5.74, 6) is 1.22. The summed E-state index contributed by atoms with van der Waals surface area (Å²) in [7, 11) is 0. The van der Waals surface area contributed by atoms with Crippen molar-refractivity contribution in [2.24, 2.45) is 0 Å². The summed E-state index contributed by atoms with van der Waals surface area (Å²) >= 11 is 0. The lowest BCUT2D eigenvalue weighted by atomic mass is 10.2. The average Bonchev–Trinajstić information content (AvgIpc) is 2.99. The van der Waals surface area contributed by atoms with E-state index < -0.39 is 0 Å². The summed E-state index contributed by atoms with van der Waals surface area (Å²) in [4.78, 5) is 20.6. The molecule has 0 bridgehead atoms. The Kier molecular flexibility index (Phi) is 5.14. The van der Waals surface area contributed by atoms with E-state index in [0.29, 0.717) is 44.1 Å². The average molecular weight is 341 g/mol. The number of fused-ring (bicyclic) bond motifs is 3. The van der Waals surface area contributed by atoms with Gasteiger partial charge in [0.05, 0.1) is 11.0 Å². The van der Waals surface area contributed by atoms with E-state index >= 15 is 0 Å². The van der Waals surface area contributed by atoms with Crippen LogP contribution in [0.2, 0.25) is 0 Å². The molecule has 2 aromatic heterocycles. The topological polar surface area (TPSA) is 95.1 Å². The van der Waals surface area contributed by atoms with Crippen LogP contribution in [-0.4, -0.2) is 33.6 Å². The third-order valence-electron chi connectivity index (χ3n) is 4.10. The fourth-order valence-electron chi connectivity index (χ4n) is 2.88. The van der Waals surface area contributed by atoms with Crippen LogP contribution in [0.3, 0.4) is 0 Å². The van der Waals surface area contributed by atoms with Crippen molar-refractivity contribution in [2.75, 3.05) is 18.9 Å². The van der Waals surface area contributed by atoms with Crippen LogP contribution in [0.25, 0.3) is 21.9 Å². The quantitative estimate of drug-likeness (QED) is 0.687. The number of rotatable bonds is 7. The fourth-order valence-corrected chi connectivity index (χ4v) is 2.88. The second-order valence-electron chi connectivity index (χ2n) is 5.73. The maximum atomic E-state index is 11.5. The third-order valence-corrected chi connectivity index (χ3v) is 4.10. The highest BCUT2D eigenvalue weighted by molar-refractivity contribution is 6.06. The van der Waals surface area contributed by atoms with Gasteiger partial charge in [0.1, 0.15) is 17.9 Å². The summed E-state index contributed by atoms with van der Waals surface area (Å²) in [6.45, 7) is 5.89. The predicted octanol–water partition coefficient (Wildman–Crippen LogP) is 2.23. The number of hydrogen-bond acceptors (Lipinski definition) is 5. The van der Waals surface area contributed by atoms with E-state index in [1.54, 1.807) is 0 Å². The third kappa shape index (κ3) is 3.41. The van der Waals surface area contributed by atoms with Crippen LogP contribution in [0, 0.1) is 0 Å². The molecule has 1 amide bonds. The number of carbonyl (C=O) groups is 1. The van der Waals surface area contributed by atoms with Gasteiger partial charge in [0, 0.05) is 31.5 Å².